The summed E-state index contributed by atoms with van der Waals surface area (Å²) < 4.78 is 4.43. The van der Waals surface area contributed by atoms with Crippen LogP contribution in [0.4, 0.5) is 0 Å². The van der Waals surface area contributed by atoms with Gasteiger partial charge in [-0.15, -0.1) is 0 Å². The Kier molecular flexibility index (Phi) is 2.94. The number of nitrogens with two attached hydrogens (primary N) is 1. The van der Waals surface area contributed by atoms with E-state index in [-0.39, 0.29) is 0 Å². The molecule has 13 heavy (non-hydrogen) atoms. The van der Waals surface area contributed by atoms with Gasteiger partial charge in [-0.25, -0.2) is 10.7 Å². The number of hydrogen-bond donors (Lipinski definition) is 3. The summed E-state index contributed by atoms with van der Waals surface area (Å²) in [5.74, 6) is 2.83. The molecule has 1 aliphatic heterocycles. The van der Waals surface area contributed by atoms with Crippen LogP contribution in [0, 0.1) is 0 Å². The second kappa shape index (κ2) is 3.79. The highest BCUT2D eigenvalue weighted by molar-refractivity contribution is 6.09. The Labute approximate surface area is 73.0 Å². The van der Waals surface area contributed by atoms with Crippen molar-refractivity contribution in [1.82, 2.24) is 0 Å². The number of esters is 1. The van der Waals surface area contributed by atoms with Crippen LogP contribution in [-0.2, 0) is 19.2 Å². The van der Waals surface area contributed by atoms with Gasteiger partial charge in [-0.3, -0.25) is 9.63 Å². The quantitative estimate of drug-likeness (QED) is 0.248. The van der Waals surface area contributed by atoms with Crippen LogP contribution >= 0.6 is 0 Å². The number of carbonyl (C=O) groups excluding carboxylic acids is 2. The standard InChI is InChI=1S/C6H9NO6/c7-13-2(1-8)5-3(9)4(10)6(11)12-5/h2,4-5,8,10H,1,7H2. The molecule has 0 aromatic heterocycles. The van der Waals surface area contributed by atoms with Gasteiger partial charge >= 0.3 is 5.97 Å². The van der Waals surface area contributed by atoms with E-state index in [1.807, 2.05) is 0 Å². The maximum Gasteiger partial charge on any atom is 0.343 e. The number of ketones is 1. The van der Waals surface area contributed by atoms with E-state index in [0.717, 1.165) is 0 Å². The normalized spacial score (nSPS) is 30.4. The van der Waals surface area contributed by atoms with Crippen LogP contribution in [0.25, 0.3) is 0 Å². The topological polar surface area (TPSA) is 119 Å². The predicted molar refractivity (Wildman–Crippen MR) is 37.0 cm³/mol. The van der Waals surface area contributed by atoms with Gasteiger partial charge in [-0.05, 0) is 0 Å². The molecule has 7 nitrogen and oxygen atoms in total. The van der Waals surface area contributed by atoms with Crippen molar-refractivity contribution >= 4 is 11.8 Å². The molecule has 1 fully saturated rings. The van der Waals surface area contributed by atoms with Crippen LogP contribution in [0.2, 0.25) is 0 Å². The minimum absolute atomic E-state index is 0.576. The smallest absolute Gasteiger partial charge is 0.343 e. The van der Waals surface area contributed by atoms with Crippen molar-refractivity contribution < 1.29 is 29.4 Å². The number of hydrogen-bond acceptors (Lipinski definition) is 7. The molecule has 4 N–H and O–H groups in total. The molecule has 0 bridgehead atoms. The van der Waals surface area contributed by atoms with Gasteiger partial charge in [0.15, 0.2) is 6.10 Å². The van der Waals surface area contributed by atoms with Crippen molar-refractivity contribution in [3.05, 3.63) is 0 Å². The van der Waals surface area contributed by atoms with E-state index in [0.29, 0.717) is 0 Å². The number of carbonyl (C=O) groups is 2. The molecule has 7 heteroatoms. The maximum absolute atomic E-state index is 11.0. The second-order valence-electron chi connectivity index (χ2n) is 2.52. The Bertz CT molecular complexity index is 225. The number of Topliss-reactive ketones (excluding diaryl/α,β-unsaturated/α-hetero) is 1. The molecule has 0 amide bonds. The Balaban J connectivity index is 2.72. The lowest BCUT2D eigenvalue weighted by Crippen LogP contribution is -2.40. The van der Waals surface area contributed by atoms with Crippen LogP contribution in [-0.4, -0.2) is 46.9 Å². The van der Waals surface area contributed by atoms with E-state index < -0.39 is 36.7 Å². The number of ether oxygens (including phenoxy) is 1. The van der Waals surface area contributed by atoms with Gasteiger partial charge in [0, 0.05) is 0 Å². The van der Waals surface area contributed by atoms with E-state index in [9.17, 15) is 9.59 Å². The highest BCUT2D eigenvalue weighted by Gasteiger charge is 2.46. The van der Waals surface area contributed by atoms with Gasteiger partial charge in [0.05, 0.1) is 6.61 Å². The molecule has 1 saturated heterocycles. The first-order valence-corrected chi connectivity index (χ1v) is 3.50. The van der Waals surface area contributed by atoms with Crippen molar-refractivity contribution in [3.8, 4) is 0 Å². The molecule has 0 radical (unpaired) electrons. The van der Waals surface area contributed by atoms with Crippen LogP contribution in [0.3, 0.4) is 0 Å². The molecule has 1 heterocycles. The van der Waals surface area contributed by atoms with Gasteiger partial charge in [-0.2, -0.15) is 0 Å². The minimum Gasteiger partial charge on any atom is -0.449 e. The van der Waals surface area contributed by atoms with E-state index in [1.54, 1.807) is 0 Å². The monoisotopic (exact) mass is 191 g/mol. The zero-order valence-electron chi connectivity index (χ0n) is 6.54. The zero-order valence-corrected chi connectivity index (χ0v) is 6.54. The molecular weight excluding hydrogens is 182 g/mol. The highest BCUT2D eigenvalue weighted by atomic mass is 16.7. The van der Waals surface area contributed by atoms with Crippen molar-refractivity contribution in [3.63, 3.8) is 0 Å². The maximum atomic E-state index is 11.0. The highest BCUT2D eigenvalue weighted by Crippen LogP contribution is 2.15. The summed E-state index contributed by atoms with van der Waals surface area (Å²) in [4.78, 5) is 25.9. The first-order chi connectivity index (χ1) is 6.11. The second-order valence-corrected chi connectivity index (χ2v) is 2.52. The molecule has 1 aliphatic rings. The first kappa shape index (κ1) is 10.1. The molecule has 0 aliphatic carbocycles. The molecule has 1 rings (SSSR count). The largest absolute Gasteiger partial charge is 0.449 e. The van der Waals surface area contributed by atoms with Gasteiger partial charge in [0.2, 0.25) is 11.9 Å². The van der Waals surface area contributed by atoms with Crippen LogP contribution in [0.15, 0.2) is 0 Å². The SMILES string of the molecule is NOC(CO)C1OC(=O)C(O)C1=O. The van der Waals surface area contributed by atoms with Gasteiger partial charge in [0.25, 0.3) is 0 Å². The lowest BCUT2D eigenvalue weighted by Gasteiger charge is -2.15. The van der Waals surface area contributed by atoms with Crippen LogP contribution < -0.4 is 5.90 Å². The third-order valence-electron chi connectivity index (χ3n) is 1.71. The van der Waals surface area contributed by atoms with E-state index in [2.05, 4.69) is 9.57 Å². The number of cyclic esters (lactones) is 1. The summed E-state index contributed by atoms with van der Waals surface area (Å²) in [7, 11) is 0. The fraction of sp³-hybridized carbons (Fsp3) is 0.667. The Morgan fingerprint density at radius 3 is 2.54 bits per heavy atom. The Morgan fingerprint density at radius 2 is 2.23 bits per heavy atom. The first-order valence-electron chi connectivity index (χ1n) is 3.50. The summed E-state index contributed by atoms with van der Waals surface area (Å²) >= 11 is 0. The van der Waals surface area contributed by atoms with Gasteiger partial charge in [-0.1, -0.05) is 0 Å². The van der Waals surface area contributed by atoms with Crippen molar-refractivity contribution in [2.24, 2.45) is 5.90 Å². The van der Waals surface area contributed by atoms with Gasteiger partial charge < -0.3 is 14.9 Å². The molecule has 0 aromatic rings. The summed E-state index contributed by atoms with van der Waals surface area (Å²) in [5.41, 5.74) is 0. The molecule has 3 unspecified atom stereocenters. The lowest BCUT2D eigenvalue weighted by atomic mass is 10.1. The van der Waals surface area contributed by atoms with Crippen LogP contribution in [0.5, 0.6) is 0 Å². The van der Waals surface area contributed by atoms with E-state index >= 15 is 0 Å². The van der Waals surface area contributed by atoms with Gasteiger partial charge in [0.1, 0.15) is 6.10 Å². The third-order valence-corrected chi connectivity index (χ3v) is 1.71. The minimum atomic E-state index is -1.80. The Hall–Kier alpha value is -1.02. The molecule has 0 saturated carbocycles. The van der Waals surface area contributed by atoms with Crippen molar-refractivity contribution in [1.29, 1.82) is 0 Å². The Morgan fingerprint density at radius 1 is 1.62 bits per heavy atom. The molecule has 3 atom stereocenters. The fourth-order valence-electron chi connectivity index (χ4n) is 0.989. The van der Waals surface area contributed by atoms with Crippen LogP contribution in [0.1, 0.15) is 0 Å². The molecule has 0 spiro atoms. The molecule has 0 aromatic carbocycles. The number of aliphatic hydroxyl groups excluding tert-OH is 2. The summed E-state index contributed by atoms with van der Waals surface area (Å²) in [6, 6.07) is 0. The van der Waals surface area contributed by atoms with Crippen molar-refractivity contribution in [2.75, 3.05) is 6.61 Å². The molecule has 74 valence electrons. The third kappa shape index (κ3) is 1.68. The number of aliphatic hydroxyl groups is 2. The lowest BCUT2D eigenvalue weighted by molar-refractivity contribution is -0.154. The average molecular weight is 191 g/mol. The zero-order chi connectivity index (χ0) is 10.0. The summed E-state index contributed by atoms with van der Waals surface area (Å²) in [6.07, 6.45) is -4.25. The molecular formula is C6H9NO6. The predicted octanol–water partition coefficient (Wildman–Crippen LogP) is -2.91. The van der Waals surface area contributed by atoms with Crippen molar-refractivity contribution in [2.45, 2.75) is 18.3 Å². The van der Waals surface area contributed by atoms with E-state index in [4.69, 9.17) is 16.1 Å². The average Bonchev–Trinajstić information content (AvgIpc) is 2.36. The summed E-state index contributed by atoms with van der Waals surface area (Å²) in [6.45, 7) is -0.576. The summed E-state index contributed by atoms with van der Waals surface area (Å²) in [5, 5.41) is 17.5. The van der Waals surface area contributed by atoms with E-state index in [1.165, 1.54) is 0 Å². The number of rotatable bonds is 3. The fourth-order valence-corrected chi connectivity index (χ4v) is 0.989.